The highest BCUT2D eigenvalue weighted by Gasteiger charge is 2.44. The fourth-order valence-electron chi connectivity index (χ4n) is 4.58. The molecule has 2 amide bonds. The monoisotopic (exact) mass is 560 g/mol. The predicted octanol–water partition coefficient (Wildman–Crippen LogP) is -0.567. The molecule has 4 atom stereocenters. The number of carbonyl (C=O) groups excluding carboxylic acids is 4. The van der Waals surface area contributed by atoms with Crippen molar-refractivity contribution in [2.45, 2.75) is 58.2 Å². The molecular formula is C24H33BN6O9. The summed E-state index contributed by atoms with van der Waals surface area (Å²) in [5.41, 5.74) is 0.703. The number of hydrogen-bond acceptors (Lipinski definition) is 12. The third-order valence-corrected chi connectivity index (χ3v) is 6.54. The molecule has 0 radical (unpaired) electrons. The Morgan fingerprint density at radius 3 is 2.80 bits per heavy atom. The highest BCUT2D eigenvalue weighted by Crippen LogP contribution is 2.37. The van der Waals surface area contributed by atoms with Crippen LogP contribution in [0, 0.1) is 11.8 Å². The van der Waals surface area contributed by atoms with Gasteiger partial charge in [0.25, 0.3) is 5.91 Å². The van der Waals surface area contributed by atoms with Crippen molar-refractivity contribution in [3.8, 4) is 0 Å². The Morgan fingerprint density at radius 2 is 2.08 bits per heavy atom. The second-order valence-corrected chi connectivity index (χ2v) is 10.1. The lowest BCUT2D eigenvalue weighted by Gasteiger charge is -2.35. The van der Waals surface area contributed by atoms with Gasteiger partial charge in [-0.15, -0.1) is 5.10 Å². The lowest BCUT2D eigenvalue weighted by molar-refractivity contribution is -0.159. The van der Waals surface area contributed by atoms with Crippen LogP contribution in [0.25, 0.3) is 0 Å². The Balaban J connectivity index is 1.30. The van der Waals surface area contributed by atoms with E-state index < -0.39 is 43.8 Å². The minimum atomic E-state index is -1.44. The molecule has 4 rings (SSSR count). The number of nitrogens with one attached hydrogen (secondary N) is 3. The Morgan fingerprint density at radius 1 is 1.27 bits per heavy atom. The van der Waals surface area contributed by atoms with Gasteiger partial charge in [-0.2, -0.15) is 0 Å². The van der Waals surface area contributed by atoms with E-state index in [0.717, 1.165) is 13.0 Å². The number of esters is 1. The third kappa shape index (κ3) is 7.38. The van der Waals surface area contributed by atoms with Gasteiger partial charge in [-0.05, 0) is 44.7 Å². The first-order chi connectivity index (χ1) is 19.1. The van der Waals surface area contributed by atoms with Crippen LogP contribution in [0.3, 0.4) is 0 Å². The van der Waals surface area contributed by atoms with Crippen LogP contribution in [0.15, 0.2) is 29.7 Å². The molecule has 3 heterocycles. The van der Waals surface area contributed by atoms with Crippen molar-refractivity contribution in [1.82, 2.24) is 30.9 Å². The Kier molecular flexibility index (Phi) is 9.42. The summed E-state index contributed by atoms with van der Waals surface area (Å²) >= 11 is 0. The molecular weight excluding hydrogens is 527 g/mol. The van der Waals surface area contributed by atoms with E-state index in [2.05, 4.69) is 26.3 Å². The van der Waals surface area contributed by atoms with Crippen LogP contribution >= 0.6 is 0 Å². The van der Waals surface area contributed by atoms with Crippen molar-refractivity contribution in [3.63, 3.8) is 0 Å². The average Bonchev–Trinajstić information content (AvgIpc) is 3.56. The largest absolute Gasteiger partial charge is 0.546 e. The molecule has 1 aromatic heterocycles. The number of carbonyl (C=O) groups is 4. The van der Waals surface area contributed by atoms with Crippen LogP contribution in [0.2, 0.25) is 0 Å². The van der Waals surface area contributed by atoms with E-state index in [9.17, 15) is 24.2 Å². The molecule has 16 heteroatoms. The molecule has 0 bridgehead atoms. The maximum Gasteiger partial charge on any atom is 0.546 e. The first kappa shape index (κ1) is 29.1. The van der Waals surface area contributed by atoms with Gasteiger partial charge in [0.15, 0.2) is 5.69 Å². The van der Waals surface area contributed by atoms with Crippen LogP contribution in [0.5, 0.6) is 0 Å². The lowest BCUT2D eigenvalue weighted by Crippen LogP contribution is -2.52. The minimum absolute atomic E-state index is 0.0214. The number of allylic oxidation sites excluding steroid dienone is 2. The van der Waals surface area contributed by atoms with E-state index in [1.54, 1.807) is 32.9 Å². The summed E-state index contributed by atoms with van der Waals surface area (Å²) in [7, 11) is -1.44. The first-order valence-electron chi connectivity index (χ1n) is 13.1. The second-order valence-electron chi connectivity index (χ2n) is 10.1. The number of amides is 2. The normalized spacial score (nSPS) is 23.8. The Hall–Kier alpha value is -3.92. The quantitative estimate of drug-likeness (QED) is 0.171. The van der Waals surface area contributed by atoms with Crippen molar-refractivity contribution in [3.05, 3.63) is 35.4 Å². The molecule has 2 unspecified atom stereocenters. The van der Waals surface area contributed by atoms with Crippen LogP contribution in [0.1, 0.15) is 44.1 Å². The van der Waals surface area contributed by atoms with Gasteiger partial charge in [0.05, 0.1) is 24.0 Å². The number of ether oxygens (including phenoxy) is 3. The van der Waals surface area contributed by atoms with Crippen molar-refractivity contribution < 1.29 is 43.1 Å². The molecule has 0 saturated carbocycles. The van der Waals surface area contributed by atoms with Crippen LogP contribution in [-0.4, -0.2) is 89.0 Å². The zero-order chi connectivity index (χ0) is 28.8. The zero-order valence-corrected chi connectivity index (χ0v) is 22.5. The summed E-state index contributed by atoms with van der Waals surface area (Å²) in [5, 5.41) is 27.0. The van der Waals surface area contributed by atoms with E-state index in [0.29, 0.717) is 12.1 Å². The molecule has 4 N–H and O–H groups in total. The van der Waals surface area contributed by atoms with E-state index >= 15 is 0 Å². The molecule has 15 nitrogen and oxygen atoms in total. The van der Waals surface area contributed by atoms with Gasteiger partial charge in [0.2, 0.25) is 12.7 Å². The topological polar surface area (TPSA) is 192 Å². The van der Waals surface area contributed by atoms with Crippen molar-refractivity contribution in [2.24, 2.45) is 11.8 Å². The molecule has 1 aliphatic carbocycles. The van der Waals surface area contributed by atoms with Gasteiger partial charge in [-0.1, -0.05) is 24.3 Å². The van der Waals surface area contributed by atoms with Gasteiger partial charge in [-0.3, -0.25) is 14.4 Å². The van der Waals surface area contributed by atoms with Crippen LogP contribution in [-0.2, 0) is 35.0 Å². The summed E-state index contributed by atoms with van der Waals surface area (Å²) in [4.78, 5) is 49.3. The number of rotatable bonds is 9. The number of nitrogens with zero attached hydrogens (tertiary/aromatic N) is 3. The van der Waals surface area contributed by atoms with Crippen molar-refractivity contribution in [2.75, 3.05) is 19.9 Å². The van der Waals surface area contributed by atoms with E-state index in [4.69, 9.17) is 18.9 Å². The molecule has 1 fully saturated rings. The standard InChI is InChI=1S/C24H33BN6O9/c1-13(2)39-24(35)38-12-37-23(34)20-14(3)4-5-15-8-18(25(36)40-21(15)20)28-19(32)11-31-10-17(29-30-31)22(33)27-16-6-7-26-9-16/h4-5,10,13-14,16,18,20,26,36H,6-9,11-12H2,1-3H3,(H,27,33)(H,28,32)/t14?,16-,18-,20?/m0/s1. The lowest BCUT2D eigenvalue weighted by atomic mass is 9.69. The second kappa shape index (κ2) is 13.0. The van der Waals surface area contributed by atoms with Crippen molar-refractivity contribution >= 4 is 31.1 Å². The third-order valence-electron chi connectivity index (χ3n) is 6.54. The highest BCUT2D eigenvalue weighted by molar-refractivity contribution is 6.46. The van der Waals surface area contributed by atoms with Gasteiger partial charge in [0, 0.05) is 12.6 Å². The molecule has 3 aliphatic rings. The summed E-state index contributed by atoms with van der Waals surface area (Å²) in [6.07, 6.45) is 4.60. The van der Waals surface area contributed by atoms with Crippen molar-refractivity contribution in [1.29, 1.82) is 0 Å². The summed E-state index contributed by atoms with van der Waals surface area (Å²) in [5.74, 6) is -3.34. The maximum absolute atomic E-state index is 12.8. The molecule has 0 aromatic carbocycles. The smallest absolute Gasteiger partial charge is 0.537 e. The summed E-state index contributed by atoms with van der Waals surface area (Å²) in [6.45, 7) is 5.73. The highest BCUT2D eigenvalue weighted by atomic mass is 16.8. The molecule has 1 saturated heterocycles. The average molecular weight is 560 g/mol. The zero-order valence-electron chi connectivity index (χ0n) is 22.5. The van der Waals surface area contributed by atoms with E-state index in [1.807, 2.05) is 0 Å². The van der Waals surface area contributed by atoms with E-state index in [1.165, 1.54) is 10.9 Å². The number of aromatic nitrogens is 3. The molecule has 1 aromatic rings. The maximum atomic E-state index is 12.8. The number of hydrogen-bond donors (Lipinski definition) is 4. The van der Waals surface area contributed by atoms with Crippen LogP contribution < -0.4 is 16.0 Å². The summed E-state index contributed by atoms with van der Waals surface area (Å²) in [6, 6.07) is 0.0214. The molecule has 216 valence electrons. The summed E-state index contributed by atoms with van der Waals surface area (Å²) < 4.78 is 21.6. The predicted molar refractivity (Wildman–Crippen MR) is 137 cm³/mol. The van der Waals surface area contributed by atoms with Gasteiger partial charge in [-0.25, -0.2) is 9.48 Å². The van der Waals surface area contributed by atoms with E-state index in [-0.39, 0.29) is 48.4 Å². The van der Waals surface area contributed by atoms with Crippen LogP contribution in [0.4, 0.5) is 4.79 Å². The molecule has 2 aliphatic heterocycles. The fraction of sp³-hybridized carbons (Fsp3) is 0.583. The first-order valence-corrected chi connectivity index (χ1v) is 13.1. The Labute approximate surface area is 230 Å². The van der Waals surface area contributed by atoms with Gasteiger partial charge in [0.1, 0.15) is 12.5 Å². The van der Waals surface area contributed by atoms with Gasteiger partial charge >= 0.3 is 19.2 Å². The molecule has 40 heavy (non-hydrogen) atoms. The van der Waals surface area contributed by atoms with Gasteiger partial charge < -0.3 is 39.8 Å². The SMILES string of the molecule is CC(C)OC(=O)OCOC(=O)C1C2=C(C=CC1C)C[C@H](NC(=O)Cn1cc(C(=O)N[C@H]3CCNC3)nn1)B(O)O2. The molecule has 0 spiro atoms. The Bertz CT molecular complexity index is 1180. The fourth-order valence-corrected chi connectivity index (χ4v) is 4.58. The minimum Gasteiger partial charge on any atom is -0.537 e.